The van der Waals surface area contributed by atoms with Crippen LogP contribution in [-0.2, 0) is 10.8 Å². The van der Waals surface area contributed by atoms with E-state index in [-0.39, 0.29) is 10.8 Å². The van der Waals surface area contributed by atoms with Crippen LogP contribution in [0, 0.1) is 0 Å². The number of benzene rings is 10. The average molecular weight is 765 g/mol. The maximum Gasteiger partial charge on any atom is 0.0159 e. The Labute approximate surface area is 352 Å². The highest BCUT2D eigenvalue weighted by molar-refractivity contribution is 6.22. The molecule has 0 unspecified atom stereocenters. The van der Waals surface area contributed by atoms with E-state index in [4.69, 9.17) is 0 Å². The molecule has 0 heterocycles. The number of hydrogen-bond donors (Lipinski definition) is 0. The first-order chi connectivity index (χ1) is 29.3. The van der Waals surface area contributed by atoms with Crippen LogP contribution >= 0.6 is 0 Å². The summed E-state index contributed by atoms with van der Waals surface area (Å²) in [7, 11) is 0. The van der Waals surface area contributed by atoms with E-state index in [1.807, 2.05) is 0 Å². The van der Waals surface area contributed by atoms with Gasteiger partial charge in [0.25, 0.3) is 0 Å². The molecule has 0 saturated carbocycles. The molecular weight excluding hydrogens is 721 g/mol. The number of fused-ring (bicyclic) bond motifs is 9. The van der Waals surface area contributed by atoms with Gasteiger partial charge in [0.05, 0.1) is 0 Å². The van der Waals surface area contributed by atoms with E-state index in [1.54, 1.807) is 0 Å². The standard InChI is InChI=1S/C60H44/c1-59(2)53-19-11-9-15-45(53)47-30-27-43(35-55(47)59)42-28-32-51-52(34-42)58(44-29-31-48-46-16-10-12-20-54(46)60(3,4)56(48)36-44)50-18-8-7-17-49(50)57(51)39-24-21-38(22-25-39)41-26-23-37-13-5-6-14-40(37)33-41/h5-36H,1-4H3. The molecule has 0 heteroatoms. The van der Waals surface area contributed by atoms with Crippen LogP contribution < -0.4 is 0 Å². The Kier molecular flexibility index (Phi) is 7.42. The van der Waals surface area contributed by atoms with E-state index >= 15 is 0 Å². The van der Waals surface area contributed by atoms with Gasteiger partial charge in [-0.1, -0.05) is 198 Å². The second kappa shape index (κ2) is 12.7. The van der Waals surface area contributed by atoms with Crippen LogP contribution in [0.4, 0.5) is 0 Å². The van der Waals surface area contributed by atoms with Crippen molar-refractivity contribution >= 4 is 32.3 Å². The van der Waals surface area contributed by atoms with Gasteiger partial charge >= 0.3 is 0 Å². The lowest BCUT2D eigenvalue weighted by molar-refractivity contribution is 0.660. The van der Waals surface area contributed by atoms with Crippen LogP contribution in [0.25, 0.3) is 99.1 Å². The van der Waals surface area contributed by atoms with Gasteiger partial charge in [-0.25, -0.2) is 0 Å². The zero-order valence-corrected chi connectivity index (χ0v) is 34.5. The maximum atomic E-state index is 2.50. The van der Waals surface area contributed by atoms with Gasteiger partial charge in [0.15, 0.2) is 0 Å². The lowest BCUT2D eigenvalue weighted by Crippen LogP contribution is -2.14. The normalized spacial score (nSPS) is 14.3. The van der Waals surface area contributed by atoms with Crippen LogP contribution in [0.2, 0.25) is 0 Å². The van der Waals surface area contributed by atoms with Gasteiger partial charge in [-0.15, -0.1) is 0 Å². The summed E-state index contributed by atoms with van der Waals surface area (Å²) in [5, 5.41) is 7.61. The monoisotopic (exact) mass is 764 g/mol. The summed E-state index contributed by atoms with van der Waals surface area (Å²) in [6, 6.07) is 73.2. The predicted molar refractivity (Wildman–Crippen MR) is 256 cm³/mol. The quantitative estimate of drug-likeness (QED) is 0.157. The van der Waals surface area contributed by atoms with Crippen LogP contribution in [0.1, 0.15) is 49.9 Å². The van der Waals surface area contributed by atoms with Crippen molar-refractivity contribution in [3.63, 3.8) is 0 Å². The fourth-order valence-corrected chi connectivity index (χ4v) is 10.9. The van der Waals surface area contributed by atoms with Crippen molar-refractivity contribution in [3.8, 4) is 66.8 Å². The number of rotatable bonds is 4. The van der Waals surface area contributed by atoms with Gasteiger partial charge in [-0.3, -0.25) is 0 Å². The molecule has 0 spiro atoms. The second-order valence-corrected chi connectivity index (χ2v) is 18.1. The van der Waals surface area contributed by atoms with E-state index in [0.717, 1.165) is 0 Å². The van der Waals surface area contributed by atoms with E-state index in [2.05, 4.69) is 222 Å². The summed E-state index contributed by atoms with van der Waals surface area (Å²) in [5.74, 6) is 0. The largest absolute Gasteiger partial charge is 0.0619 e. The van der Waals surface area contributed by atoms with Gasteiger partial charge in [-0.2, -0.15) is 0 Å². The zero-order chi connectivity index (χ0) is 40.3. The van der Waals surface area contributed by atoms with Crippen LogP contribution in [0.3, 0.4) is 0 Å². The molecule has 2 aliphatic rings. The Morgan fingerprint density at radius 3 is 1.33 bits per heavy atom. The average Bonchev–Trinajstić information content (AvgIpc) is 3.66. The molecule has 12 rings (SSSR count). The molecule has 0 radical (unpaired) electrons. The van der Waals surface area contributed by atoms with E-state index < -0.39 is 0 Å². The molecule has 60 heavy (non-hydrogen) atoms. The molecule has 10 aromatic rings. The van der Waals surface area contributed by atoms with E-state index in [9.17, 15) is 0 Å². The van der Waals surface area contributed by atoms with Crippen LogP contribution in [-0.4, -0.2) is 0 Å². The number of hydrogen-bond acceptors (Lipinski definition) is 0. The van der Waals surface area contributed by atoms with Crippen molar-refractivity contribution in [3.05, 3.63) is 216 Å². The minimum Gasteiger partial charge on any atom is -0.0619 e. The van der Waals surface area contributed by atoms with E-state index in [0.29, 0.717) is 0 Å². The Bertz CT molecular complexity index is 3410. The Morgan fingerprint density at radius 2 is 0.667 bits per heavy atom. The molecule has 0 aromatic heterocycles. The van der Waals surface area contributed by atoms with Crippen molar-refractivity contribution in [2.45, 2.75) is 38.5 Å². The molecular formula is C60H44. The minimum absolute atomic E-state index is 0.0683. The van der Waals surface area contributed by atoms with Crippen molar-refractivity contribution in [1.82, 2.24) is 0 Å². The lowest BCUT2D eigenvalue weighted by Gasteiger charge is -2.23. The predicted octanol–water partition coefficient (Wildman–Crippen LogP) is 16.4. The third kappa shape index (κ3) is 5.04. The molecule has 0 N–H and O–H groups in total. The molecule has 0 nitrogen and oxygen atoms in total. The van der Waals surface area contributed by atoms with Crippen LogP contribution in [0.5, 0.6) is 0 Å². The highest BCUT2D eigenvalue weighted by Crippen LogP contribution is 2.53. The molecule has 0 bridgehead atoms. The fraction of sp³-hybridized carbons (Fsp3) is 0.100. The molecule has 0 saturated heterocycles. The van der Waals surface area contributed by atoms with Crippen molar-refractivity contribution < 1.29 is 0 Å². The third-order valence-electron chi connectivity index (χ3n) is 14.1. The molecule has 284 valence electrons. The summed E-state index contributed by atoms with van der Waals surface area (Å²) in [4.78, 5) is 0. The maximum absolute atomic E-state index is 2.50. The highest BCUT2D eigenvalue weighted by atomic mass is 14.4. The molecule has 0 atom stereocenters. The Hall–Kier alpha value is -7.02. The third-order valence-corrected chi connectivity index (χ3v) is 14.1. The molecule has 0 fully saturated rings. The van der Waals surface area contributed by atoms with Crippen molar-refractivity contribution in [2.75, 3.05) is 0 Å². The molecule has 2 aliphatic carbocycles. The highest BCUT2D eigenvalue weighted by Gasteiger charge is 2.37. The molecule has 0 aliphatic heterocycles. The van der Waals surface area contributed by atoms with E-state index in [1.165, 1.54) is 121 Å². The summed E-state index contributed by atoms with van der Waals surface area (Å²) in [6.45, 7) is 9.51. The first-order valence-corrected chi connectivity index (χ1v) is 21.3. The first-order valence-electron chi connectivity index (χ1n) is 21.3. The van der Waals surface area contributed by atoms with Gasteiger partial charge in [-0.05, 0) is 146 Å². The zero-order valence-electron chi connectivity index (χ0n) is 34.5. The fourth-order valence-electron chi connectivity index (χ4n) is 10.9. The van der Waals surface area contributed by atoms with Crippen molar-refractivity contribution in [1.29, 1.82) is 0 Å². The Balaban J connectivity index is 1.08. The second-order valence-electron chi connectivity index (χ2n) is 18.1. The summed E-state index contributed by atoms with van der Waals surface area (Å²) in [6.07, 6.45) is 0. The molecule has 0 amide bonds. The minimum atomic E-state index is -0.0970. The first kappa shape index (κ1) is 35.0. The Morgan fingerprint density at radius 1 is 0.250 bits per heavy atom. The van der Waals surface area contributed by atoms with Gasteiger partial charge < -0.3 is 0 Å². The smallest absolute Gasteiger partial charge is 0.0159 e. The van der Waals surface area contributed by atoms with Gasteiger partial charge in [0.2, 0.25) is 0 Å². The van der Waals surface area contributed by atoms with Gasteiger partial charge in [0, 0.05) is 10.8 Å². The lowest BCUT2D eigenvalue weighted by atomic mass is 9.80. The summed E-state index contributed by atoms with van der Waals surface area (Å²) >= 11 is 0. The SMILES string of the molecule is CC1(C)c2ccccc2-c2ccc(-c3ccc4c(-c5ccc(-c6ccc7ccccc7c6)cc5)c5ccccc5c(-c5ccc6c(c5)C(C)(C)c5ccccc5-6)c4c3)cc21. The van der Waals surface area contributed by atoms with Gasteiger partial charge in [0.1, 0.15) is 0 Å². The molecule has 10 aromatic carbocycles. The van der Waals surface area contributed by atoms with Crippen molar-refractivity contribution in [2.24, 2.45) is 0 Å². The topological polar surface area (TPSA) is 0 Å². The van der Waals surface area contributed by atoms with Crippen LogP contribution in [0.15, 0.2) is 194 Å². The summed E-state index contributed by atoms with van der Waals surface area (Å²) < 4.78 is 0. The summed E-state index contributed by atoms with van der Waals surface area (Å²) in [5.41, 5.74) is 20.8.